The Morgan fingerprint density at radius 1 is 1.16 bits per heavy atom. The van der Waals surface area contributed by atoms with Crippen LogP contribution in [0.15, 0.2) is 18.2 Å². The van der Waals surface area contributed by atoms with E-state index in [9.17, 15) is 4.79 Å². The molecule has 0 atom stereocenters. The number of rotatable bonds is 9. The minimum Gasteiger partial charge on any atom is -0.399 e. The standard InChI is InChI=1S/C15H25N3O/c1-2-3-4-5-6-7-10-18-14-11-12(16)8-9-13(14)15(17)19/h8-9,11,18H,2-7,10,16H2,1H3,(H2,17,19). The monoisotopic (exact) mass is 263 g/mol. The van der Waals surface area contributed by atoms with E-state index < -0.39 is 5.91 Å². The van der Waals surface area contributed by atoms with E-state index in [0.717, 1.165) is 18.7 Å². The summed E-state index contributed by atoms with van der Waals surface area (Å²) >= 11 is 0. The van der Waals surface area contributed by atoms with Crippen LogP contribution in [0.2, 0.25) is 0 Å². The first kappa shape index (κ1) is 15.3. The zero-order valence-electron chi connectivity index (χ0n) is 11.7. The Balaban J connectivity index is 2.36. The summed E-state index contributed by atoms with van der Waals surface area (Å²) in [6.45, 7) is 3.06. The average molecular weight is 263 g/mol. The summed E-state index contributed by atoms with van der Waals surface area (Å²) in [5, 5.41) is 3.25. The third-order valence-corrected chi connectivity index (χ3v) is 3.15. The van der Waals surface area contributed by atoms with Crippen LogP contribution in [0.1, 0.15) is 55.8 Å². The predicted molar refractivity (Wildman–Crippen MR) is 81.2 cm³/mol. The van der Waals surface area contributed by atoms with E-state index >= 15 is 0 Å². The van der Waals surface area contributed by atoms with Gasteiger partial charge in [0, 0.05) is 17.9 Å². The van der Waals surface area contributed by atoms with Gasteiger partial charge in [-0.25, -0.2) is 0 Å². The molecule has 4 nitrogen and oxygen atoms in total. The number of amides is 1. The average Bonchev–Trinajstić information content (AvgIpc) is 2.37. The molecular weight excluding hydrogens is 238 g/mol. The van der Waals surface area contributed by atoms with Crippen molar-refractivity contribution in [2.75, 3.05) is 17.6 Å². The fourth-order valence-corrected chi connectivity index (χ4v) is 2.05. The Morgan fingerprint density at radius 2 is 1.84 bits per heavy atom. The van der Waals surface area contributed by atoms with E-state index in [1.165, 1.54) is 32.1 Å². The molecule has 0 fully saturated rings. The predicted octanol–water partition coefficient (Wildman–Crippen LogP) is 3.14. The van der Waals surface area contributed by atoms with Crippen molar-refractivity contribution in [3.8, 4) is 0 Å². The lowest BCUT2D eigenvalue weighted by Gasteiger charge is -2.10. The molecule has 0 spiro atoms. The Kier molecular flexibility index (Phi) is 6.79. The van der Waals surface area contributed by atoms with Gasteiger partial charge in [0.25, 0.3) is 5.91 Å². The van der Waals surface area contributed by atoms with Crippen LogP contribution >= 0.6 is 0 Å². The third-order valence-electron chi connectivity index (χ3n) is 3.15. The van der Waals surface area contributed by atoms with Crippen molar-refractivity contribution in [2.24, 2.45) is 5.73 Å². The van der Waals surface area contributed by atoms with Crippen molar-refractivity contribution < 1.29 is 4.79 Å². The maximum absolute atomic E-state index is 11.3. The van der Waals surface area contributed by atoms with Crippen molar-refractivity contribution >= 4 is 17.3 Å². The summed E-state index contributed by atoms with van der Waals surface area (Å²) in [4.78, 5) is 11.3. The number of primary amides is 1. The highest BCUT2D eigenvalue weighted by Gasteiger charge is 2.07. The topological polar surface area (TPSA) is 81.1 Å². The summed E-state index contributed by atoms with van der Waals surface area (Å²) in [6, 6.07) is 5.12. The van der Waals surface area contributed by atoms with Gasteiger partial charge in [-0.05, 0) is 24.6 Å². The zero-order chi connectivity index (χ0) is 14.1. The van der Waals surface area contributed by atoms with Gasteiger partial charge in [-0.3, -0.25) is 4.79 Å². The zero-order valence-corrected chi connectivity index (χ0v) is 11.7. The molecule has 0 saturated heterocycles. The summed E-state index contributed by atoms with van der Waals surface area (Å²) in [7, 11) is 0. The molecule has 0 heterocycles. The van der Waals surface area contributed by atoms with Gasteiger partial charge in [0.15, 0.2) is 0 Å². The maximum atomic E-state index is 11.3. The van der Waals surface area contributed by atoms with Gasteiger partial charge in [0.1, 0.15) is 0 Å². The number of nitrogens with two attached hydrogens (primary N) is 2. The molecule has 4 heteroatoms. The van der Waals surface area contributed by atoms with E-state index in [1.54, 1.807) is 18.2 Å². The normalized spacial score (nSPS) is 10.4. The number of anilines is 2. The van der Waals surface area contributed by atoms with Gasteiger partial charge in [-0.1, -0.05) is 39.0 Å². The SMILES string of the molecule is CCCCCCCCNc1cc(N)ccc1C(N)=O. The second kappa shape index (κ2) is 8.40. The molecular formula is C15H25N3O. The molecule has 0 aromatic heterocycles. The summed E-state index contributed by atoms with van der Waals surface area (Å²) in [6.07, 6.45) is 7.46. The molecule has 0 saturated carbocycles. The second-order valence-corrected chi connectivity index (χ2v) is 4.86. The van der Waals surface area contributed by atoms with Crippen molar-refractivity contribution in [1.82, 2.24) is 0 Å². The molecule has 106 valence electrons. The van der Waals surface area contributed by atoms with E-state index in [-0.39, 0.29) is 0 Å². The number of hydrogen-bond donors (Lipinski definition) is 3. The van der Waals surface area contributed by atoms with Crippen molar-refractivity contribution in [3.63, 3.8) is 0 Å². The molecule has 0 aliphatic rings. The van der Waals surface area contributed by atoms with E-state index in [1.807, 2.05) is 0 Å². The number of carbonyl (C=O) groups excluding carboxylic acids is 1. The van der Waals surface area contributed by atoms with Crippen LogP contribution in [0, 0.1) is 0 Å². The minimum atomic E-state index is -0.426. The Hall–Kier alpha value is -1.71. The number of nitrogen functional groups attached to an aromatic ring is 1. The van der Waals surface area contributed by atoms with Gasteiger partial charge in [0.05, 0.1) is 5.56 Å². The van der Waals surface area contributed by atoms with Crippen LogP contribution in [0.5, 0.6) is 0 Å². The highest BCUT2D eigenvalue weighted by Crippen LogP contribution is 2.19. The smallest absolute Gasteiger partial charge is 0.250 e. The quantitative estimate of drug-likeness (QED) is 0.473. The van der Waals surface area contributed by atoms with Crippen LogP contribution in [-0.2, 0) is 0 Å². The van der Waals surface area contributed by atoms with Gasteiger partial charge >= 0.3 is 0 Å². The summed E-state index contributed by atoms with van der Waals surface area (Å²) < 4.78 is 0. The van der Waals surface area contributed by atoms with Crippen molar-refractivity contribution in [2.45, 2.75) is 45.4 Å². The molecule has 0 aliphatic carbocycles. The molecule has 1 amide bonds. The Morgan fingerprint density at radius 3 is 2.53 bits per heavy atom. The number of nitrogens with one attached hydrogen (secondary N) is 1. The maximum Gasteiger partial charge on any atom is 0.250 e. The number of unbranched alkanes of at least 4 members (excludes halogenated alkanes) is 5. The largest absolute Gasteiger partial charge is 0.399 e. The fourth-order valence-electron chi connectivity index (χ4n) is 2.05. The van der Waals surface area contributed by atoms with E-state index in [0.29, 0.717) is 11.3 Å². The first-order valence-corrected chi connectivity index (χ1v) is 7.08. The molecule has 0 bridgehead atoms. The fraction of sp³-hybridized carbons (Fsp3) is 0.533. The van der Waals surface area contributed by atoms with Crippen LogP contribution in [0.4, 0.5) is 11.4 Å². The lowest BCUT2D eigenvalue weighted by Crippen LogP contribution is -2.15. The molecule has 1 aromatic rings. The first-order valence-electron chi connectivity index (χ1n) is 7.08. The number of benzene rings is 1. The van der Waals surface area contributed by atoms with Gasteiger partial charge in [-0.2, -0.15) is 0 Å². The van der Waals surface area contributed by atoms with Gasteiger partial charge in [0.2, 0.25) is 0 Å². The molecule has 0 unspecified atom stereocenters. The molecule has 5 N–H and O–H groups in total. The van der Waals surface area contributed by atoms with Crippen LogP contribution in [0.3, 0.4) is 0 Å². The van der Waals surface area contributed by atoms with E-state index in [2.05, 4.69) is 12.2 Å². The lowest BCUT2D eigenvalue weighted by molar-refractivity contribution is 0.100. The van der Waals surface area contributed by atoms with Crippen LogP contribution in [-0.4, -0.2) is 12.5 Å². The van der Waals surface area contributed by atoms with Crippen molar-refractivity contribution in [1.29, 1.82) is 0 Å². The number of hydrogen-bond acceptors (Lipinski definition) is 3. The van der Waals surface area contributed by atoms with Crippen LogP contribution < -0.4 is 16.8 Å². The van der Waals surface area contributed by atoms with Crippen molar-refractivity contribution in [3.05, 3.63) is 23.8 Å². The highest BCUT2D eigenvalue weighted by atomic mass is 16.1. The minimum absolute atomic E-state index is 0.426. The van der Waals surface area contributed by atoms with E-state index in [4.69, 9.17) is 11.5 Å². The molecule has 1 aromatic carbocycles. The second-order valence-electron chi connectivity index (χ2n) is 4.86. The highest BCUT2D eigenvalue weighted by molar-refractivity contribution is 5.99. The Labute approximate surface area is 115 Å². The Bertz CT molecular complexity index is 404. The molecule has 0 aliphatic heterocycles. The third kappa shape index (κ3) is 5.64. The molecule has 0 radical (unpaired) electrons. The lowest BCUT2D eigenvalue weighted by atomic mass is 10.1. The summed E-state index contributed by atoms with van der Waals surface area (Å²) in [5.41, 5.74) is 12.9. The van der Waals surface area contributed by atoms with Gasteiger partial charge < -0.3 is 16.8 Å². The van der Waals surface area contributed by atoms with Crippen LogP contribution in [0.25, 0.3) is 0 Å². The van der Waals surface area contributed by atoms with Gasteiger partial charge in [-0.15, -0.1) is 0 Å². The first-order chi connectivity index (χ1) is 9.15. The molecule has 1 rings (SSSR count). The summed E-state index contributed by atoms with van der Waals surface area (Å²) in [5.74, 6) is -0.426. The number of carbonyl (C=O) groups is 1. The molecule has 19 heavy (non-hydrogen) atoms.